The van der Waals surface area contributed by atoms with Gasteiger partial charge in [0.25, 0.3) is 0 Å². The molecule has 6 nitrogen and oxygen atoms in total. The molecule has 2 fully saturated rings. The highest BCUT2D eigenvalue weighted by Gasteiger charge is 2.34. The number of aryl methyl sites for hydroxylation is 2. The fourth-order valence-corrected chi connectivity index (χ4v) is 3.59. The van der Waals surface area contributed by atoms with Crippen LogP contribution in [0.4, 0.5) is 0 Å². The van der Waals surface area contributed by atoms with E-state index < -0.39 is 0 Å². The molecule has 0 radical (unpaired) electrons. The molecule has 0 N–H and O–H groups in total. The lowest BCUT2D eigenvalue weighted by molar-refractivity contribution is -0.138. The first kappa shape index (κ1) is 14.5. The summed E-state index contributed by atoms with van der Waals surface area (Å²) in [7, 11) is 1.85. The van der Waals surface area contributed by atoms with Crippen molar-refractivity contribution in [2.75, 3.05) is 19.6 Å². The van der Waals surface area contributed by atoms with Gasteiger partial charge in [-0.15, -0.1) is 5.10 Å². The van der Waals surface area contributed by atoms with Crippen LogP contribution in [-0.4, -0.2) is 62.4 Å². The van der Waals surface area contributed by atoms with E-state index in [1.54, 1.807) is 4.68 Å². The lowest BCUT2D eigenvalue weighted by Gasteiger charge is -2.47. The summed E-state index contributed by atoms with van der Waals surface area (Å²) in [5, 5.41) is 7.96. The highest BCUT2D eigenvalue weighted by molar-refractivity contribution is 5.77. The smallest absolute Gasteiger partial charge is 0.223 e. The molecule has 3 rings (SSSR count). The number of piperazine rings is 1. The Kier molecular flexibility index (Phi) is 4.24. The van der Waals surface area contributed by atoms with Crippen LogP contribution in [-0.2, 0) is 18.3 Å². The number of carbonyl (C=O) groups is 1. The second kappa shape index (κ2) is 6.13. The minimum Gasteiger partial charge on any atom is -0.337 e. The lowest BCUT2D eigenvalue weighted by Crippen LogP contribution is -2.60. The molecule has 1 amide bonds. The summed E-state index contributed by atoms with van der Waals surface area (Å²) in [5.41, 5.74) is 0.898. The highest BCUT2D eigenvalue weighted by atomic mass is 16.2. The largest absolute Gasteiger partial charge is 0.337 e. The van der Waals surface area contributed by atoms with E-state index in [1.165, 1.54) is 25.8 Å². The number of carbonyl (C=O) groups excluding carboxylic acids is 1. The Bertz CT molecular complexity index is 500. The standard InChI is InChI=1S/C15H25N5O/c1-12-9-19-8-4-3-5-14(19)11-20(12)15(21)7-6-13-10-18(2)17-16-13/h10,12,14H,3-9,11H2,1-2H3. The van der Waals surface area contributed by atoms with Crippen LogP contribution in [0.2, 0.25) is 0 Å². The third-order valence-electron chi connectivity index (χ3n) is 4.75. The van der Waals surface area contributed by atoms with Crippen molar-refractivity contribution in [3.63, 3.8) is 0 Å². The Labute approximate surface area is 126 Å². The normalized spacial score (nSPS) is 26.7. The zero-order chi connectivity index (χ0) is 14.8. The van der Waals surface area contributed by atoms with E-state index in [-0.39, 0.29) is 5.91 Å². The van der Waals surface area contributed by atoms with Gasteiger partial charge in [-0.3, -0.25) is 14.4 Å². The van der Waals surface area contributed by atoms with Crippen LogP contribution in [0.15, 0.2) is 6.20 Å². The van der Waals surface area contributed by atoms with Gasteiger partial charge in [-0.05, 0) is 26.3 Å². The van der Waals surface area contributed by atoms with Gasteiger partial charge in [0.15, 0.2) is 0 Å². The quantitative estimate of drug-likeness (QED) is 0.828. The monoisotopic (exact) mass is 291 g/mol. The maximum absolute atomic E-state index is 12.5. The van der Waals surface area contributed by atoms with Crippen molar-refractivity contribution in [3.05, 3.63) is 11.9 Å². The minimum absolute atomic E-state index is 0.262. The fraction of sp³-hybridized carbons (Fsp3) is 0.800. The van der Waals surface area contributed by atoms with E-state index in [0.717, 1.165) is 18.8 Å². The molecule has 0 saturated carbocycles. The summed E-state index contributed by atoms with van der Waals surface area (Å²) in [6.07, 6.45) is 6.96. The number of hydrogen-bond donors (Lipinski definition) is 0. The van der Waals surface area contributed by atoms with E-state index in [9.17, 15) is 4.79 Å². The van der Waals surface area contributed by atoms with Crippen molar-refractivity contribution in [3.8, 4) is 0 Å². The van der Waals surface area contributed by atoms with Gasteiger partial charge < -0.3 is 4.90 Å². The zero-order valence-electron chi connectivity index (χ0n) is 13.0. The number of amides is 1. The third-order valence-corrected chi connectivity index (χ3v) is 4.75. The summed E-state index contributed by atoms with van der Waals surface area (Å²) in [4.78, 5) is 17.2. The second-order valence-electron chi connectivity index (χ2n) is 6.42. The van der Waals surface area contributed by atoms with Gasteiger partial charge in [-0.25, -0.2) is 0 Å². The Hall–Kier alpha value is -1.43. The predicted molar refractivity (Wildman–Crippen MR) is 79.7 cm³/mol. The summed E-state index contributed by atoms with van der Waals surface area (Å²) in [6.45, 7) is 5.31. The van der Waals surface area contributed by atoms with Crippen molar-refractivity contribution < 1.29 is 4.79 Å². The summed E-state index contributed by atoms with van der Waals surface area (Å²) >= 11 is 0. The van der Waals surface area contributed by atoms with E-state index in [4.69, 9.17) is 0 Å². The average molecular weight is 291 g/mol. The molecule has 21 heavy (non-hydrogen) atoms. The molecule has 116 valence electrons. The molecule has 6 heteroatoms. The Balaban J connectivity index is 1.56. The van der Waals surface area contributed by atoms with Gasteiger partial charge in [0.05, 0.1) is 5.69 Å². The second-order valence-corrected chi connectivity index (χ2v) is 6.42. The summed E-state index contributed by atoms with van der Waals surface area (Å²) < 4.78 is 1.68. The van der Waals surface area contributed by atoms with Crippen molar-refractivity contribution in [2.24, 2.45) is 7.05 Å². The van der Waals surface area contributed by atoms with E-state index in [0.29, 0.717) is 24.9 Å². The van der Waals surface area contributed by atoms with E-state index in [1.807, 2.05) is 13.2 Å². The van der Waals surface area contributed by atoms with E-state index >= 15 is 0 Å². The first-order valence-electron chi connectivity index (χ1n) is 8.02. The summed E-state index contributed by atoms with van der Waals surface area (Å²) in [6, 6.07) is 0.907. The molecule has 1 aromatic rings. The molecule has 0 aliphatic carbocycles. The number of nitrogens with zero attached hydrogens (tertiary/aromatic N) is 5. The van der Waals surface area contributed by atoms with Gasteiger partial charge in [-0.2, -0.15) is 0 Å². The van der Waals surface area contributed by atoms with Crippen LogP contribution in [0.5, 0.6) is 0 Å². The molecular formula is C15H25N5O. The molecule has 2 saturated heterocycles. The van der Waals surface area contributed by atoms with Crippen molar-refractivity contribution in [2.45, 2.75) is 51.1 Å². The predicted octanol–water partition coefficient (Wildman–Crippen LogP) is 0.833. The van der Waals surface area contributed by atoms with Crippen LogP contribution in [0.1, 0.15) is 38.3 Å². The van der Waals surface area contributed by atoms with Crippen LogP contribution in [0, 0.1) is 0 Å². The van der Waals surface area contributed by atoms with Gasteiger partial charge in [0, 0.05) is 51.3 Å². The average Bonchev–Trinajstić information content (AvgIpc) is 2.89. The highest BCUT2D eigenvalue weighted by Crippen LogP contribution is 2.24. The molecule has 0 bridgehead atoms. The number of hydrogen-bond acceptors (Lipinski definition) is 4. The maximum atomic E-state index is 12.5. The van der Waals surface area contributed by atoms with Gasteiger partial charge >= 0.3 is 0 Å². The van der Waals surface area contributed by atoms with Gasteiger partial charge in [0.1, 0.15) is 0 Å². The fourth-order valence-electron chi connectivity index (χ4n) is 3.59. The Morgan fingerprint density at radius 2 is 2.24 bits per heavy atom. The minimum atomic E-state index is 0.262. The Morgan fingerprint density at radius 3 is 3.00 bits per heavy atom. The number of fused-ring (bicyclic) bond motifs is 1. The first-order valence-corrected chi connectivity index (χ1v) is 8.02. The van der Waals surface area contributed by atoms with Crippen LogP contribution in [0.3, 0.4) is 0 Å². The van der Waals surface area contributed by atoms with Crippen LogP contribution in [0.25, 0.3) is 0 Å². The van der Waals surface area contributed by atoms with E-state index in [2.05, 4.69) is 27.0 Å². The maximum Gasteiger partial charge on any atom is 0.223 e. The van der Waals surface area contributed by atoms with Crippen molar-refractivity contribution >= 4 is 5.91 Å². The molecule has 0 aromatic carbocycles. The topological polar surface area (TPSA) is 54.3 Å². The number of aromatic nitrogens is 3. The lowest BCUT2D eigenvalue weighted by atomic mass is 9.97. The van der Waals surface area contributed by atoms with Gasteiger partial charge in [-0.1, -0.05) is 11.6 Å². The van der Waals surface area contributed by atoms with Crippen molar-refractivity contribution in [1.29, 1.82) is 0 Å². The molecule has 0 spiro atoms. The SMILES string of the molecule is CC1CN2CCCCC2CN1C(=O)CCc1cn(C)nn1. The number of piperidine rings is 1. The van der Waals surface area contributed by atoms with Crippen LogP contribution < -0.4 is 0 Å². The Morgan fingerprint density at radius 1 is 1.38 bits per heavy atom. The van der Waals surface area contributed by atoms with Crippen molar-refractivity contribution in [1.82, 2.24) is 24.8 Å². The van der Waals surface area contributed by atoms with Gasteiger partial charge in [0.2, 0.25) is 5.91 Å². The molecule has 3 heterocycles. The number of rotatable bonds is 3. The van der Waals surface area contributed by atoms with Crippen LogP contribution >= 0.6 is 0 Å². The zero-order valence-corrected chi connectivity index (χ0v) is 13.0. The molecule has 1 aromatic heterocycles. The molecule has 2 atom stereocenters. The molecular weight excluding hydrogens is 266 g/mol. The molecule has 2 unspecified atom stereocenters. The molecule has 2 aliphatic heterocycles. The first-order chi connectivity index (χ1) is 10.1. The molecule has 2 aliphatic rings. The summed E-state index contributed by atoms with van der Waals surface area (Å²) in [5.74, 6) is 0.262. The third kappa shape index (κ3) is 3.26.